The second-order valence-electron chi connectivity index (χ2n) is 4.43. The Bertz CT molecular complexity index is 584. The van der Waals surface area contributed by atoms with E-state index in [1.807, 2.05) is 18.3 Å². The van der Waals surface area contributed by atoms with Crippen LogP contribution in [0.4, 0.5) is 17.5 Å². The van der Waals surface area contributed by atoms with Gasteiger partial charge in [0.2, 0.25) is 0 Å². The van der Waals surface area contributed by atoms with E-state index in [1.165, 1.54) is 6.33 Å². The van der Waals surface area contributed by atoms with Crippen molar-refractivity contribution in [3.05, 3.63) is 30.7 Å². The maximum absolute atomic E-state index is 10.8. The summed E-state index contributed by atoms with van der Waals surface area (Å²) in [5.41, 5.74) is 0. The zero-order valence-corrected chi connectivity index (χ0v) is 10.00. The highest BCUT2D eigenvalue weighted by Crippen LogP contribution is 2.33. The molecule has 2 aromatic heterocycles. The number of aromatic nitrogens is 3. The number of hydrogen-bond acceptors (Lipinski definition) is 5. The topological polar surface area (TPSA) is 103 Å². The van der Waals surface area contributed by atoms with Crippen LogP contribution in [0, 0.1) is 5.92 Å². The van der Waals surface area contributed by atoms with Crippen LogP contribution >= 0.6 is 0 Å². The van der Waals surface area contributed by atoms with Crippen LogP contribution in [0.5, 0.6) is 0 Å². The highest BCUT2D eigenvalue weighted by molar-refractivity contribution is 5.75. The molecule has 1 aliphatic rings. The van der Waals surface area contributed by atoms with E-state index in [0.29, 0.717) is 18.1 Å². The molecule has 98 valence electrons. The molecule has 7 nitrogen and oxygen atoms in total. The van der Waals surface area contributed by atoms with Crippen molar-refractivity contribution >= 4 is 23.4 Å². The van der Waals surface area contributed by atoms with Gasteiger partial charge in [-0.1, -0.05) is 0 Å². The number of carboxylic acids is 1. The standard InChI is InChI=1S/C12H13N5O2/c18-12(19)7-4-8(7)16-10-5-11(15-6-14-10)17-9-2-1-3-13-9/h1-3,5-8,13H,4H2,(H,18,19)(H2,14,15,16,17). The molecule has 4 N–H and O–H groups in total. The van der Waals surface area contributed by atoms with Crippen molar-refractivity contribution in [3.8, 4) is 0 Å². The summed E-state index contributed by atoms with van der Waals surface area (Å²) in [5, 5.41) is 15.0. The monoisotopic (exact) mass is 259 g/mol. The fraction of sp³-hybridized carbons (Fsp3) is 0.250. The maximum atomic E-state index is 10.8. The lowest BCUT2D eigenvalue weighted by atomic mass is 10.4. The van der Waals surface area contributed by atoms with Crippen molar-refractivity contribution in [1.82, 2.24) is 15.0 Å². The number of anilines is 3. The van der Waals surface area contributed by atoms with Gasteiger partial charge in [0.05, 0.1) is 5.92 Å². The predicted molar refractivity (Wildman–Crippen MR) is 69.3 cm³/mol. The highest BCUT2D eigenvalue weighted by Gasteiger charge is 2.43. The molecule has 1 aliphatic carbocycles. The van der Waals surface area contributed by atoms with Crippen LogP contribution in [0.3, 0.4) is 0 Å². The SMILES string of the molecule is O=C(O)C1CC1Nc1cc(Nc2ccc[nH]2)ncn1. The lowest BCUT2D eigenvalue weighted by Crippen LogP contribution is -2.11. The van der Waals surface area contributed by atoms with E-state index < -0.39 is 5.97 Å². The van der Waals surface area contributed by atoms with Gasteiger partial charge in [-0.15, -0.1) is 0 Å². The minimum Gasteiger partial charge on any atom is -0.481 e. The van der Waals surface area contributed by atoms with Crippen LogP contribution in [0.1, 0.15) is 6.42 Å². The van der Waals surface area contributed by atoms with Gasteiger partial charge < -0.3 is 20.7 Å². The minimum atomic E-state index is -0.767. The van der Waals surface area contributed by atoms with Crippen molar-refractivity contribution in [2.24, 2.45) is 5.92 Å². The molecular weight excluding hydrogens is 246 g/mol. The Balaban J connectivity index is 1.65. The Morgan fingerprint density at radius 3 is 2.95 bits per heavy atom. The molecule has 7 heteroatoms. The van der Waals surface area contributed by atoms with Crippen molar-refractivity contribution in [2.75, 3.05) is 10.6 Å². The Morgan fingerprint density at radius 1 is 1.42 bits per heavy atom. The molecule has 3 rings (SSSR count). The first-order valence-corrected chi connectivity index (χ1v) is 5.94. The highest BCUT2D eigenvalue weighted by atomic mass is 16.4. The Morgan fingerprint density at radius 2 is 2.26 bits per heavy atom. The lowest BCUT2D eigenvalue weighted by molar-refractivity contribution is -0.138. The second kappa shape index (κ2) is 4.60. The second-order valence-corrected chi connectivity index (χ2v) is 4.43. The van der Waals surface area contributed by atoms with Gasteiger partial charge in [0, 0.05) is 18.3 Å². The minimum absolute atomic E-state index is 0.0364. The van der Waals surface area contributed by atoms with E-state index in [-0.39, 0.29) is 12.0 Å². The molecule has 0 saturated heterocycles. The molecule has 0 amide bonds. The number of carbonyl (C=O) groups is 1. The average molecular weight is 259 g/mol. The Labute approximate surface area is 109 Å². The van der Waals surface area contributed by atoms with E-state index in [2.05, 4.69) is 25.6 Å². The molecule has 1 saturated carbocycles. The number of hydrogen-bond donors (Lipinski definition) is 4. The van der Waals surface area contributed by atoms with Gasteiger partial charge in [0.15, 0.2) is 0 Å². The van der Waals surface area contributed by atoms with E-state index in [1.54, 1.807) is 6.07 Å². The summed E-state index contributed by atoms with van der Waals surface area (Å²) in [6.07, 6.45) is 3.88. The molecule has 0 aromatic carbocycles. The van der Waals surface area contributed by atoms with Crippen LogP contribution in [0.15, 0.2) is 30.7 Å². The average Bonchev–Trinajstić information content (AvgIpc) is 2.96. The van der Waals surface area contributed by atoms with Crippen molar-refractivity contribution in [2.45, 2.75) is 12.5 Å². The zero-order valence-electron chi connectivity index (χ0n) is 10.00. The summed E-state index contributed by atoms with van der Waals surface area (Å²) in [7, 11) is 0. The first-order valence-electron chi connectivity index (χ1n) is 5.94. The van der Waals surface area contributed by atoms with Crippen LogP contribution in [0.25, 0.3) is 0 Å². The molecule has 2 heterocycles. The largest absolute Gasteiger partial charge is 0.481 e. The van der Waals surface area contributed by atoms with Gasteiger partial charge in [0.1, 0.15) is 23.8 Å². The Hall–Kier alpha value is -2.57. The summed E-state index contributed by atoms with van der Waals surface area (Å²) in [6.45, 7) is 0. The van der Waals surface area contributed by atoms with E-state index in [0.717, 1.165) is 5.82 Å². The van der Waals surface area contributed by atoms with E-state index in [4.69, 9.17) is 5.11 Å². The quantitative estimate of drug-likeness (QED) is 0.647. The number of nitrogens with zero attached hydrogens (tertiary/aromatic N) is 2. The smallest absolute Gasteiger partial charge is 0.308 e. The van der Waals surface area contributed by atoms with Gasteiger partial charge in [-0.25, -0.2) is 9.97 Å². The maximum Gasteiger partial charge on any atom is 0.308 e. The van der Waals surface area contributed by atoms with Crippen molar-refractivity contribution < 1.29 is 9.90 Å². The summed E-state index contributed by atoms with van der Waals surface area (Å²) >= 11 is 0. The Kier molecular flexibility index (Phi) is 2.79. The van der Waals surface area contributed by atoms with Gasteiger partial charge in [0.25, 0.3) is 0 Å². The molecule has 0 spiro atoms. The van der Waals surface area contributed by atoms with Crippen LogP contribution < -0.4 is 10.6 Å². The first kappa shape index (κ1) is 11.5. The third-order valence-corrected chi connectivity index (χ3v) is 2.97. The molecular formula is C12H13N5O2. The summed E-state index contributed by atoms with van der Waals surface area (Å²) in [4.78, 5) is 21.9. The fourth-order valence-electron chi connectivity index (χ4n) is 1.87. The molecule has 2 unspecified atom stereocenters. The van der Waals surface area contributed by atoms with Crippen LogP contribution in [-0.2, 0) is 4.79 Å². The number of nitrogens with one attached hydrogen (secondary N) is 3. The van der Waals surface area contributed by atoms with Crippen molar-refractivity contribution in [3.63, 3.8) is 0 Å². The number of carboxylic acid groups (broad SMARTS) is 1. The number of aliphatic carboxylic acids is 1. The third-order valence-electron chi connectivity index (χ3n) is 2.97. The summed E-state index contributed by atoms with van der Waals surface area (Å²) in [6, 6.07) is 5.48. The van der Waals surface area contributed by atoms with Gasteiger partial charge in [-0.2, -0.15) is 0 Å². The number of rotatable bonds is 5. The van der Waals surface area contributed by atoms with Crippen molar-refractivity contribution in [1.29, 1.82) is 0 Å². The molecule has 0 bridgehead atoms. The van der Waals surface area contributed by atoms with E-state index >= 15 is 0 Å². The number of H-pyrrole nitrogens is 1. The molecule has 1 fully saturated rings. The van der Waals surface area contributed by atoms with Gasteiger partial charge >= 0.3 is 5.97 Å². The third kappa shape index (κ3) is 2.65. The fourth-order valence-corrected chi connectivity index (χ4v) is 1.87. The first-order chi connectivity index (χ1) is 9.22. The normalized spacial score (nSPS) is 20.8. The molecule has 0 aliphatic heterocycles. The van der Waals surface area contributed by atoms with Gasteiger partial charge in [-0.05, 0) is 18.6 Å². The molecule has 2 atom stereocenters. The summed E-state index contributed by atoms with van der Waals surface area (Å²) in [5.74, 6) is 1.02. The predicted octanol–water partition coefficient (Wildman–Crippen LogP) is 1.43. The zero-order chi connectivity index (χ0) is 13.2. The number of aromatic amines is 1. The summed E-state index contributed by atoms with van der Waals surface area (Å²) < 4.78 is 0. The molecule has 0 radical (unpaired) electrons. The lowest BCUT2D eigenvalue weighted by Gasteiger charge is -2.06. The molecule has 2 aromatic rings. The van der Waals surface area contributed by atoms with Crippen LogP contribution in [-0.4, -0.2) is 32.1 Å². The van der Waals surface area contributed by atoms with Crippen LogP contribution in [0.2, 0.25) is 0 Å². The van der Waals surface area contributed by atoms with Gasteiger partial charge in [-0.3, -0.25) is 4.79 Å². The molecule has 19 heavy (non-hydrogen) atoms. The van der Waals surface area contributed by atoms with E-state index in [9.17, 15) is 4.79 Å².